The lowest BCUT2D eigenvalue weighted by Crippen LogP contribution is -2.26. The summed E-state index contributed by atoms with van der Waals surface area (Å²) >= 11 is 7.79. The second-order valence-corrected chi connectivity index (χ2v) is 5.74. The molecule has 3 nitrogen and oxygen atoms in total. The van der Waals surface area contributed by atoms with Gasteiger partial charge in [-0.1, -0.05) is 13.3 Å². The highest BCUT2D eigenvalue weighted by atomic mass is 35.5. The zero-order chi connectivity index (χ0) is 11.4. The first-order chi connectivity index (χ1) is 7.79. The van der Waals surface area contributed by atoms with E-state index in [4.69, 9.17) is 11.6 Å². The quantitative estimate of drug-likeness (QED) is 0.841. The lowest BCUT2D eigenvalue weighted by Gasteiger charge is -2.20. The number of rotatable bonds is 4. The van der Waals surface area contributed by atoms with Crippen LogP contribution in [0.5, 0.6) is 0 Å². The van der Waals surface area contributed by atoms with E-state index in [9.17, 15) is 0 Å². The summed E-state index contributed by atoms with van der Waals surface area (Å²) in [6.07, 6.45) is 5.51. The van der Waals surface area contributed by atoms with Gasteiger partial charge < -0.3 is 5.32 Å². The second kappa shape index (κ2) is 5.73. The van der Waals surface area contributed by atoms with E-state index in [2.05, 4.69) is 22.2 Å². The summed E-state index contributed by atoms with van der Waals surface area (Å²) in [6.45, 7) is 2.21. The molecule has 1 heterocycles. The highest BCUT2D eigenvalue weighted by molar-refractivity contribution is 7.99. The van der Waals surface area contributed by atoms with Crippen molar-refractivity contribution in [1.29, 1.82) is 0 Å². The van der Waals surface area contributed by atoms with Gasteiger partial charge in [0.1, 0.15) is 5.82 Å². The van der Waals surface area contributed by atoms with E-state index in [0.717, 1.165) is 5.82 Å². The van der Waals surface area contributed by atoms with Crippen LogP contribution in [-0.4, -0.2) is 27.0 Å². The van der Waals surface area contributed by atoms with Crippen LogP contribution >= 0.6 is 23.4 Å². The van der Waals surface area contributed by atoms with Crippen molar-refractivity contribution in [3.05, 3.63) is 17.5 Å². The van der Waals surface area contributed by atoms with Crippen LogP contribution in [0.2, 0.25) is 5.28 Å². The Morgan fingerprint density at radius 1 is 1.56 bits per heavy atom. The van der Waals surface area contributed by atoms with Crippen molar-refractivity contribution < 1.29 is 0 Å². The van der Waals surface area contributed by atoms with Crippen LogP contribution in [0.1, 0.15) is 26.2 Å². The molecule has 0 bridgehead atoms. The zero-order valence-corrected chi connectivity index (χ0v) is 10.9. The number of halogens is 1. The van der Waals surface area contributed by atoms with Crippen molar-refractivity contribution in [2.75, 3.05) is 11.1 Å². The largest absolute Gasteiger partial charge is 0.366 e. The number of nitrogens with one attached hydrogen (secondary N) is 1. The molecule has 0 saturated heterocycles. The van der Waals surface area contributed by atoms with Crippen molar-refractivity contribution in [3.63, 3.8) is 0 Å². The topological polar surface area (TPSA) is 37.8 Å². The van der Waals surface area contributed by atoms with Gasteiger partial charge in [-0.25, -0.2) is 9.97 Å². The Labute approximate surface area is 105 Å². The molecule has 1 N–H and O–H groups in total. The minimum absolute atomic E-state index is 0.308. The lowest BCUT2D eigenvalue weighted by molar-refractivity contribution is 0.762. The number of anilines is 1. The Balaban J connectivity index is 1.98. The van der Waals surface area contributed by atoms with Gasteiger partial charge in [0.25, 0.3) is 0 Å². The smallest absolute Gasteiger partial charge is 0.224 e. The summed E-state index contributed by atoms with van der Waals surface area (Å²) in [5.74, 6) is 2.02. The predicted molar refractivity (Wildman–Crippen MR) is 70.2 cm³/mol. The van der Waals surface area contributed by atoms with E-state index in [1.54, 1.807) is 6.20 Å². The maximum atomic E-state index is 5.76. The van der Waals surface area contributed by atoms with E-state index in [-0.39, 0.29) is 0 Å². The number of aromatic nitrogens is 2. The standard InChI is InChI=1S/C11H16ClN3S/c1-2-16-9-5-3-4-8(9)14-10-6-7-13-11(12)15-10/h6-9H,2-5H2,1H3,(H,13,14,15). The molecule has 1 saturated carbocycles. The number of nitrogens with zero attached hydrogens (tertiary/aromatic N) is 2. The Bertz CT molecular complexity index is 348. The van der Waals surface area contributed by atoms with E-state index < -0.39 is 0 Å². The molecule has 88 valence electrons. The molecule has 1 aromatic rings. The molecule has 0 aliphatic heterocycles. The summed E-state index contributed by atoms with van der Waals surface area (Å²) in [5.41, 5.74) is 0. The van der Waals surface area contributed by atoms with E-state index >= 15 is 0 Å². The Hall–Kier alpha value is -0.480. The first kappa shape index (κ1) is 12.0. The average Bonchev–Trinajstić information content (AvgIpc) is 2.66. The molecular formula is C11H16ClN3S. The van der Waals surface area contributed by atoms with Crippen molar-refractivity contribution >= 4 is 29.2 Å². The van der Waals surface area contributed by atoms with Gasteiger partial charge in [0, 0.05) is 17.5 Å². The van der Waals surface area contributed by atoms with Crippen LogP contribution in [0.3, 0.4) is 0 Å². The van der Waals surface area contributed by atoms with Gasteiger partial charge in [0.2, 0.25) is 5.28 Å². The van der Waals surface area contributed by atoms with Crippen LogP contribution in [0.15, 0.2) is 12.3 Å². The van der Waals surface area contributed by atoms with Crippen LogP contribution < -0.4 is 5.32 Å². The maximum Gasteiger partial charge on any atom is 0.224 e. The van der Waals surface area contributed by atoms with Gasteiger partial charge in [0.05, 0.1) is 0 Å². The minimum atomic E-state index is 0.308. The summed E-state index contributed by atoms with van der Waals surface area (Å²) in [5, 5.41) is 4.48. The molecule has 0 amide bonds. The van der Waals surface area contributed by atoms with Crippen LogP contribution in [0, 0.1) is 0 Å². The third-order valence-electron chi connectivity index (χ3n) is 2.79. The maximum absolute atomic E-state index is 5.76. The molecule has 1 fully saturated rings. The van der Waals surface area contributed by atoms with Crippen molar-refractivity contribution in [1.82, 2.24) is 9.97 Å². The van der Waals surface area contributed by atoms with Crippen molar-refractivity contribution in [3.8, 4) is 0 Å². The van der Waals surface area contributed by atoms with E-state index in [1.165, 1.54) is 25.0 Å². The molecule has 2 rings (SSSR count). The first-order valence-electron chi connectivity index (χ1n) is 5.66. The molecule has 2 atom stereocenters. The average molecular weight is 258 g/mol. The van der Waals surface area contributed by atoms with Crippen LogP contribution in [-0.2, 0) is 0 Å². The molecule has 1 aliphatic carbocycles. The summed E-state index contributed by atoms with van der Waals surface area (Å²) in [6, 6.07) is 2.40. The molecule has 2 unspecified atom stereocenters. The number of hydrogen-bond donors (Lipinski definition) is 1. The third kappa shape index (κ3) is 3.01. The summed E-state index contributed by atoms with van der Waals surface area (Å²) in [7, 11) is 0. The number of hydrogen-bond acceptors (Lipinski definition) is 4. The highest BCUT2D eigenvalue weighted by Gasteiger charge is 2.27. The fraction of sp³-hybridized carbons (Fsp3) is 0.636. The Kier molecular flexibility index (Phi) is 4.29. The fourth-order valence-corrected chi connectivity index (χ4v) is 3.46. The van der Waals surface area contributed by atoms with E-state index in [0.29, 0.717) is 16.6 Å². The Morgan fingerprint density at radius 3 is 3.19 bits per heavy atom. The SMILES string of the molecule is CCSC1CCCC1Nc1ccnc(Cl)n1. The fourth-order valence-electron chi connectivity index (χ4n) is 2.11. The number of thioether (sulfide) groups is 1. The summed E-state index contributed by atoms with van der Waals surface area (Å²) in [4.78, 5) is 8.04. The molecule has 0 spiro atoms. The molecular weight excluding hydrogens is 242 g/mol. The molecule has 1 aliphatic rings. The summed E-state index contributed by atoms with van der Waals surface area (Å²) < 4.78 is 0. The molecule has 5 heteroatoms. The van der Waals surface area contributed by atoms with Crippen molar-refractivity contribution in [2.45, 2.75) is 37.5 Å². The molecule has 16 heavy (non-hydrogen) atoms. The van der Waals surface area contributed by atoms with Gasteiger partial charge in [-0.2, -0.15) is 11.8 Å². The zero-order valence-electron chi connectivity index (χ0n) is 9.32. The lowest BCUT2D eigenvalue weighted by atomic mass is 10.2. The van der Waals surface area contributed by atoms with Crippen LogP contribution in [0.25, 0.3) is 0 Å². The first-order valence-corrected chi connectivity index (χ1v) is 7.09. The second-order valence-electron chi connectivity index (χ2n) is 3.89. The van der Waals surface area contributed by atoms with Gasteiger partial charge in [-0.3, -0.25) is 0 Å². The van der Waals surface area contributed by atoms with Crippen molar-refractivity contribution in [2.24, 2.45) is 0 Å². The normalized spacial score (nSPS) is 24.6. The third-order valence-corrected chi connectivity index (χ3v) is 4.30. The minimum Gasteiger partial charge on any atom is -0.366 e. The van der Waals surface area contributed by atoms with Gasteiger partial charge in [-0.05, 0) is 36.3 Å². The monoisotopic (exact) mass is 257 g/mol. The predicted octanol–water partition coefficient (Wildman–Crippen LogP) is 3.22. The van der Waals surface area contributed by atoms with E-state index in [1.807, 2.05) is 17.8 Å². The van der Waals surface area contributed by atoms with Gasteiger partial charge in [0.15, 0.2) is 0 Å². The molecule has 0 radical (unpaired) electrons. The molecule has 1 aromatic heterocycles. The van der Waals surface area contributed by atoms with Gasteiger partial charge >= 0.3 is 0 Å². The molecule has 0 aromatic carbocycles. The van der Waals surface area contributed by atoms with Gasteiger partial charge in [-0.15, -0.1) is 0 Å². The van der Waals surface area contributed by atoms with Crippen LogP contribution in [0.4, 0.5) is 5.82 Å². The highest BCUT2D eigenvalue weighted by Crippen LogP contribution is 2.31. The Morgan fingerprint density at radius 2 is 2.44 bits per heavy atom.